The van der Waals surface area contributed by atoms with Gasteiger partial charge in [0.15, 0.2) is 15.0 Å². The summed E-state index contributed by atoms with van der Waals surface area (Å²) in [5, 5.41) is 3.46. The highest BCUT2D eigenvalue weighted by Crippen LogP contribution is 2.36. The number of rotatable bonds is 9. The third-order valence-corrected chi connectivity index (χ3v) is 9.71. The molecule has 0 spiro atoms. The number of sulfone groups is 1. The van der Waals surface area contributed by atoms with E-state index in [9.17, 15) is 18.0 Å². The van der Waals surface area contributed by atoms with E-state index in [-0.39, 0.29) is 22.6 Å². The Kier molecular flexibility index (Phi) is 8.85. The molecule has 2 aromatic rings. The Balaban J connectivity index is 1.40. The molecule has 8 nitrogen and oxygen atoms in total. The molecule has 1 unspecified atom stereocenters. The van der Waals surface area contributed by atoms with Gasteiger partial charge in [-0.1, -0.05) is 49.2 Å². The van der Waals surface area contributed by atoms with Gasteiger partial charge in [0, 0.05) is 19.3 Å². The summed E-state index contributed by atoms with van der Waals surface area (Å²) < 4.78 is 29.8. The maximum absolute atomic E-state index is 13.3. The van der Waals surface area contributed by atoms with Gasteiger partial charge >= 0.3 is 0 Å². The van der Waals surface area contributed by atoms with Crippen molar-refractivity contribution in [2.75, 3.05) is 43.6 Å². The second kappa shape index (κ2) is 11.9. The van der Waals surface area contributed by atoms with E-state index in [0.29, 0.717) is 43.1 Å². The van der Waals surface area contributed by atoms with Crippen LogP contribution in [0.25, 0.3) is 0 Å². The number of nitrogens with zero attached hydrogens (tertiary/aromatic N) is 2. The molecule has 1 saturated heterocycles. The number of carbonyl (C=O) groups excluding carboxylic acids is 2. The fourth-order valence-corrected chi connectivity index (χ4v) is 6.94. The number of aromatic nitrogens is 1. The topological polar surface area (TPSA) is 106 Å². The van der Waals surface area contributed by atoms with Crippen LogP contribution in [0, 0.1) is 5.92 Å². The normalized spacial score (nSPS) is 17.9. The van der Waals surface area contributed by atoms with E-state index < -0.39 is 9.84 Å². The number of ether oxygens (including phenoxy) is 1. The third kappa shape index (κ3) is 7.28. The van der Waals surface area contributed by atoms with Gasteiger partial charge in [0.2, 0.25) is 11.8 Å². The van der Waals surface area contributed by atoms with Gasteiger partial charge in [-0.3, -0.25) is 9.59 Å². The molecule has 2 fully saturated rings. The summed E-state index contributed by atoms with van der Waals surface area (Å²) in [5.74, 6) is 0.362. The van der Waals surface area contributed by atoms with E-state index in [0.717, 1.165) is 29.0 Å². The van der Waals surface area contributed by atoms with Crippen LogP contribution >= 0.6 is 23.1 Å². The van der Waals surface area contributed by atoms with Crippen LogP contribution in [0.15, 0.2) is 39.6 Å². The molecule has 0 bridgehead atoms. The first-order valence-corrected chi connectivity index (χ1v) is 15.5. The maximum atomic E-state index is 13.3. The predicted octanol–water partition coefficient (Wildman–Crippen LogP) is 3.80. The van der Waals surface area contributed by atoms with Crippen molar-refractivity contribution in [2.45, 2.75) is 47.1 Å². The van der Waals surface area contributed by atoms with Gasteiger partial charge in [-0.05, 0) is 30.0 Å². The SMILES string of the molecule is CS(=O)(=O)c1ccc(C(CC2CCCC2)C(=O)Nc2ncc(SCC(=O)N3CCOCC3)s2)cc1. The second-order valence-corrected chi connectivity index (χ2v) is 13.4. The average Bonchev–Trinajstić information content (AvgIpc) is 3.53. The molecule has 35 heavy (non-hydrogen) atoms. The van der Waals surface area contributed by atoms with Crippen molar-refractivity contribution in [1.82, 2.24) is 9.88 Å². The van der Waals surface area contributed by atoms with Crippen molar-refractivity contribution in [3.8, 4) is 0 Å². The quantitative estimate of drug-likeness (QED) is 0.485. The van der Waals surface area contributed by atoms with Crippen LogP contribution in [0.3, 0.4) is 0 Å². The second-order valence-electron chi connectivity index (χ2n) is 9.04. The molecule has 1 saturated carbocycles. The van der Waals surface area contributed by atoms with E-state index >= 15 is 0 Å². The van der Waals surface area contributed by atoms with Crippen molar-refractivity contribution < 1.29 is 22.7 Å². The van der Waals surface area contributed by atoms with Crippen LogP contribution in [0.2, 0.25) is 0 Å². The van der Waals surface area contributed by atoms with Crippen molar-refractivity contribution in [2.24, 2.45) is 5.92 Å². The molecule has 1 aliphatic carbocycles. The molecule has 2 amide bonds. The van der Waals surface area contributed by atoms with Gasteiger partial charge in [-0.15, -0.1) is 11.8 Å². The summed E-state index contributed by atoms with van der Waals surface area (Å²) in [6.07, 6.45) is 8.18. The fraction of sp³-hybridized carbons (Fsp3) is 0.542. The van der Waals surface area contributed by atoms with Gasteiger partial charge in [0.25, 0.3) is 0 Å². The minimum atomic E-state index is -3.30. The van der Waals surface area contributed by atoms with E-state index in [1.807, 2.05) is 4.90 Å². The summed E-state index contributed by atoms with van der Waals surface area (Å²) >= 11 is 2.78. The van der Waals surface area contributed by atoms with Crippen LogP contribution in [0.5, 0.6) is 0 Å². The fourth-order valence-electron chi connectivity index (χ4n) is 4.53. The number of benzene rings is 1. The molecule has 0 radical (unpaired) electrons. The zero-order valence-corrected chi connectivity index (χ0v) is 22.2. The van der Waals surface area contributed by atoms with E-state index in [1.54, 1.807) is 30.5 Å². The van der Waals surface area contributed by atoms with Crippen LogP contribution in [0.4, 0.5) is 5.13 Å². The number of morpholine rings is 1. The first-order valence-electron chi connectivity index (χ1n) is 11.8. The molecule has 11 heteroatoms. The number of anilines is 1. The van der Waals surface area contributed by atoms with Gasteiger partial charge in [0.1, 0.15) is 0 Å². The molecule has 1 aromatic heterocycles. The monoisotopic (exact) mass is 537 g/mol. The van der Waals surface area contributed by atoms with Crippen LogP contribution < -0.4 is 5.32 Å². The summed E-state index contributed by atoms with van der Waals surface area (Å²) in [4.78, 5) is 32.1. The lowest BCUT2D eigenvalue weighted by molar-refractivity contribution is -0.132. The van der Waals surface area contributed by atoms with Gasteiger partial charge in [-0.25, -0.2) is 13.4 Å². The van der Waals surface area contributed by atoms with Gasteiger partial charge in [-0.2, -0.15) is 0 Å². The summed E-state index contributed by atoms with van der Waals surface area (Å²) in [6.45, 7) is 2.40. The lowest BCUT2D eigenvalue weighted by Gasteiger charge is -2.26. The predicted molar refractivity (Wildman–Crippen MR) is 138 cm³/mol. The minimum Gasteiger partial charge on any atom is -0.378 e. The number of hydrogen-bond donors (Lipinski definition) is 1. The lowest BCUT2D eigenvalue weighted by atomic mass is 9.87. The summed E-state index contributed by atoms with van der Waals surface area (Å²) in [6, 6.07) is 6.64. The van der Waals surface area contributed by atoms with Crippen LogP contribution in [-0.4, -0.2) is 68.4 Å². The molecule has 1 aromatic carbocycles. The molecular weight excluding hydrogens is 506 g/mol. The Labute approximate surface area is 214 Å². The van der Waals surface area contributed by atoms with E-state index in [4.69, 9.17) is 4.74 Å². The number of thiazole rings is 1. The molecule has 190 valence electrons. The molecule has 1 atom stereocenters. The van der Waals surface area contributed by atoms with Crippen molar-refractivity contribution >= 4 is 49.9 Å². The number of nitrogens with one attached hydrogen (secondary N) is 1. The molecule has 1 N–H and O–H groups in total. The summed E-state index contributed by atoms with van der Waals surface area (Å²) in [5.41, 5.74) is 0.809. The smallest absolute Gasteiger partial charge is 0.233 e. The summed E-state index contributed by atoms with van der Waals surface area (Å²) in [7, 11) is -3.30. The Morgan fingerprint density at radius 3 is 2.54 bits per heavy atom. The third-order valence-electron chi connectivity index (χ3n) is 6.49. The Morgan fingerprint density at radius 1 is 1.20 bits per heavy atom. The number of carbonyl (C=O) groups is 2. The van der Waals surface area contributed by atoms with Gasteiger partial charge in [0.05, 0.1) is 40.2 Å². The zero-order chi connectivity index (χ0) is 24.8. The van der Waals surface area contributed by atoms with Crippen molar-refractivity contribution in [1.29, 1.82) is 0 Å². The molecule has 1 aliphatic heterocycles. The van der Waals surface area contributed by atoms with E-state index in [1.165, 1.54) is 42.2 Å². The minimum absolute atomic E-state index is 0.0754. The highest BCUT2D eigenvalue weighted by molar-refractivity contribution is 8.01. The number of thioether (sulfide) groups is 1. The highest BCUT2D eigenvalue weighted by atomic mass is 32.2. The molecular formula is C24H31N3O5S3. The first-order chi connectivity index (χ1) is 16.8. The Morgan fingerprint density at radius 2 is 1.89 bits per heavy atom. The Bertz CT molecular complexity index is 1120. The van der Waals surface area contributed by atoms with Crippen molar-refractivity contribution in [3.63, 3.8) is 0 Å². The average molecular weight is 538 g/mol. The number of hydrogen-bond acceptors (Lipinski definition) is 8. The standard InChI is InChI=1S/C24H31N3O5S3/c1-35(30,31)19-8-6-18(7-9-19)20(14-17-4-2-3-5-17)23(29)26-24-25-15-22(34-24)33-16-21(28)27-10-12-32-13-11-27/h6-9,15,17,20H,2-5,10-14,16H2,1H3,(H,25,26,29). The largest absolute Gasteiger partial charge is 0.378 e. The molecule has 2 aliphatic rings. The number of amides is 2. The van der Waals surface area contributed by atoms with E-state index in [2.05, 4.69) is 10.3 Å². The first kappa shape index (κ1) is 26.1. The lowest BCUT2D eigenvalue weighted by Crippen LogP contribution is -2.41. The molecule has 2 heterocycles. The zero-order valence-electron chi connectivity index (χ0n) is 19.8. The van der Waals surface area contributed by atoms with Gasteiger partial charge < -0.3 is 15.0 Å². The highest BCUT2D eigenvalue weighted by Gasteiger charge is 2.28. The Hall–Kier alpha value is -1.95. The van der Waals surface area contributed by atoms with Crippen molar-refractivity contribution in [3.05, 3.63) is 36.0 Å². The van der Waals surface area contributed by atoms with Crippen LogP contribution in [-0.2, 0) is 24.2 Å². The molecule has 4 rings (SSSR count). The maximum Gasteiger partial charge on any atom is 0.233 e. The van der Waals surface area contributed by atoms with Crippen LogP contribution in [0.1, 0.15) is 43.6 Å².